The maximum atomic E-state index is 3.23. The summed E-state index contributed by atoms with van der Waals surface area (Å²) in [5.74, 6) is 5.95. The topological polar surface area (TPSA) is 0 Å². The van der Waals surface area contributed by atoms with Gasteiger partial charge in [0.05, 0.1) is 5.33 Å². The van der Waals surface area contributed by atoms with Gasteiger partial charge in [-0.15, -0.1) is 0 Å². The lowest BCUT2D eigenvalue weighted by Crippen LogP contribution is -1.69. The van der Waals surface area contributed by atoms with Crippen molar-refractivity contribution in [1.29, 1.82) is 0 Å². The lowest BCUT2D eigenvalue weighted by atomic mass is 10.2. The standard InChI is InChI=1S/C7H8BrI/c1-7(6-9)4-2-3-5-8/h6H,4-5H2,1H3/b7-6+. The Hall–Kier alpha value is 0.510. The third kappa shape index (κ3) is 6.39. The van der Waals surface area contributed by atoms with Gasteiger partial charge in [0.25, 0.3) is 0 Å². The van der Waals surface area contributed by atoms with E-state index >= 15 is 0 Å². The molecule has 0 radical (unpaired) electrons. The van der Waals surface area contributed by atoms with Crippen molar-refractivity contribution >= 4 is 38.5 Å². The molecule has 0 aromatic carbocycles. The van der Waals surface area contributed by atoms with E-state index in [0.717, 1.165) is 11.8 Å². The molecule has 0 atom stereocenters. The van der Waals surface area contributed by atoms with Gasteiger partial charge in [0.1, 0.15) is 0 Å². The van der Waals surface area contributed by atoms with E-state index in [4.69, 9.17) is 0 Å². The Morgan fingerprint density at radius 3 is 2.78 bits per heavy atom. The van der Waals surface area contributed by atoms with Crippen LogP contribution < -0.4 is 0 Å². The Labute approximate surface area is 78.4 Å². The molecule has 0 aliphatic carbocycles. The highest BCUT2D eigenvalue weighted by molar-refractivity contribution is 14.1. The summed E-state index contributed by atoms with van der Waals surface area (Å²) in [5, 5.41) is 0.779. The fourth-order valence-corrected chi connectivity index (χ4v) is 0.706. The first-order chi connectivity index (χ1) is 4.31. The highest BCUT2D eigenvalue weighted by Gasteiger charge is 1.79. The average Bonchev–Trinajstić information content (AvgIpc) is 1.89. The van der Waals surface area contributed by atoms with Gasteiger partial charge in [-0.1, -0.05) is 55.9 Å². The van der Waals surface area contributed by atoms with Gasteiger partial charge in [0, 0.05) is 6.42 Å². The van der Waals surface area contributed by atoms with Crippen LogP contribution in [0, 0.1) is 11.8 Å². The molecule has 50 valence electrons. The summed E-state index contributed by atoms with van der Waals surface area (Å²) in [6.45, 7) is 2.08. The molecule has 0 aliphatic heterocycles. The summed E-state index contributed by atoms with van der Waals surface area (Å²) in [7, 11) is 0. The van der Waals surface area contributed by atoms with Crippen LogP contribution in [-0.4, -0.2) is 5.33 Å². The maximum absolute atomic E-state index is 3.23. The van der Waals surface area contributed by atoms with Gasteiger partial charge in [-0.25, -0.2) is 0 Å². The molecule has 9 heavy (non-hydrogen) atoms. The van der Waals surface area contributed by atoms with Gasteiger partial charge in [-0.05, 0) is 11.0 Å². The van der Waals surface area contributed by atoms with Gasteiger partial charge in [0.15, 0.2) is 0 Å². The minimum absolute atomic E-state index is 0.779. The Morgan fingerprint density at radius 1 is 1.67 bits per heavy atom. The molecule has 0 nitrogen and oxygen atoms in total. The number of allylic oxidation sites excluding steroid dienone is 1. The van der Waals surface area contributed by atoms with Crippen LogP contribution in [0.1, 0.15) is 13.3 Å². The van der Waals surface area contributed by atoms with E-state index in [1.165, 1.54) is 5.57 Å². The third-order valence-corrected chi connectivity index (χ3v) is 2.09. The number of rotatable bonds is 1. The third-order valence-electron chi connectivity index (χ3n) is 0.745. The molecule has 0 saturated carbocycles. The van der Waals surface area contributed by atoms with Crippen LogP contribution >= 0.6 is 38.5 Å². The largest absolute Gasteiger partial charge is 0.0980 e. The van der Waals surface area contributed by atoms with Crippen molar-refractivity contribution in [3.05, 3.63) is 9.66 Å². The monoisotopic (exact) mass is 298 g/mol. The lowest BCUT2D eigenvalue weighted by molar-refractivity contribution is 1.27. The fraction of sp³-hybridized carbons (Fsp3) is 0.429. The number of hydrogen-bond acceptors (Lipinski definition) is 0. The van der Waals surface area contributed by atoms with Crippen molar-refractivity contribution in [2.45, 2.75) is 13.3 Å². The van der Waals surface area contributed by atoms with E-state index in [1.807, 2.05) is 0 Å². The molecular weight excluding hydrogens is 291 g/mol. The van der Waals surface area contributed by atoms with Gasteiger partial charge < -0.3 is 0 Å². The Balaban J connectivity index is 3.50. The molecule has 0 heterocycles. The maximum Gasteiger partial charge on any atom is 0.0645 e. The Morgan fingerprint density at radius 2 is 2.33 bits per heavy atom. The van der Waals surface area contributed by atoms with Gasteiger partial charge in [0.2, 0.25) is 0 Å². The normalized spacial score (nSPS) is 10.3. The van der Waals surface area contributed by atoms with Gasteiger partial charge in [-0.3, -0.25) is 0 Å². The molecule has 2 heteroatoms. The van der Waals surface area contributed by atoms with Crippen LogP contribution in [-0.2, 0) is 0 Å². The summed E-state index contributed by atoms with van der Waals surface area (Å²) >= 11 is 5.45. The van der Waals surface area contributed by atoms with E-state index in [1.54, 1.807) is 0 Å². The molecule has 0 aliphatic rings. The predicted octanol–water partition coefficient (Wildman–Crippen LogP) is 3.11. The molecule has 0 N–H and O–H groups in total. The molecule has 0 amide bonds. The zero-order valence-electron chi connectivity index (χ0n) is 5.25. The van der Waals surface area contributed by atoms with Crippen LogP contribution in [0.15, 0.2) is 9.66 Å². The fourth-order valence-electron chi connectivity index (χ4n) is 0.288. The van der Waals surface area contributed by atoms with E-state index in [9.17, 15) is 0 Å². The van der Waals surface area contributed by atoms with Crippen molar-refractivity contribution < 1.29 is 0 Å². The van der Waals surface area contributed by atoms with Crippen molar-refractivity contribution in [3.8, 4) is 11.8 Å². The first-order valence-corrected chi connectivity index (χ1v) is 4.95. The molecule has 0 rings (SSSR count). The molecule has 0 spiro atoms. The van der Waals surface area contributed by atoms with Crippen LogP contribution in [0.5, 0.6) is 0 Å². The van der Waals surface area contributed by atoms with E-state index in [-0.39, 0.29) is 0 Å². The van der Waals surface area contributed by atoms with Crippen LogP contribution in [0.4, 0.5) is 0 Å². The highest BCUT2D eigenvalue weighted by atomic mass is 127. The zero-order valence-corrected chi connectivity index (χ0v) is 8.99. The Bertz CT molecular complexity index is 150. The minimum Gasteiger partial charge on any atom is -0.0980 e. The predicted molar refractivity (Wildman–Crippen MR) is 54.0 cm³/mol. The second-order valence-electron chi connectivity index (χ2n) is 1.62. The van der Waals surface area contributed by atoms with E-state index in [2.05, 4.69) is 61.4 Å². The van der Waals surface area contributed by atoms with Gasteiger partial charge >= 0.3 is 0 Å². The quantitative estimate of drug-likeness (QED) is 0.396. The molecule has 0 unspecified atom stereocenters. The number of halogens is 2. The van der Waals surface area contributed by atoms with Crippen molar-refractivity contribution in [1.82, 2.24) is 0 Å². The van der Waals surface area contributed by atoms with Crippen LogP contribution in [0.25, 0.3) is 0 Å². The molecular formula is C7H8BrI. The molecule has 0 aromatic heterocycles. The second-order valence-corrected chi connectivity index (χ2v) is 2.80. The summed E-state index contributed by atoms with van der Waals surface area (Å²) in [4.78, 5) is 0. The van der Waals surface area contributed by atoms with Crippen molar-refractivity contribution in [3.63, 3.8) is 0 Å². The number of alkyl halides is 1. The number of hydrogen-bond donors (Lipinski definition) is 0. The lowest BCUT2D eigenvalue weighted by Gasteiger charge is -1.85. The smallest absolute Gasteiger partial charge is 0.0645 e. The summed E-state index contributed by atoms with van der Waals surface area (Å²) in [5.41, 5.74) is 1.32. The molecule has 0 bridgehead atoms. The molecule has 0 fully saturated rings. The average molecular weight is 299 g/mol. The van der Waals surface area contributed by atoms with Crippen LogP contribution in [0.3, 0.4) is 0 Å². The summed E-state index contributed by atoms with van der Waals surface area (Å²) in [6, 6.07) is 0. The zero-order chi connectivity index (χ0) is 7.11. The molecule has 0 saturated heterocycles. The summed E-state index contributed by atoms with van der Waals surface area (Å²) < 4.78 is 2.06. The first kappa shape index (κ1) is 9.51. The van der Waals surface area contributed by atoms with E-state index in [0.29, 0.717) is 0 Å². The second kappa shape index (κ2) is 6.63. The van der Waals surface area contributed by atoms with Crippen LogP contribution in [0.2, 0.25) is 0 Å². The van der Waals surface area contributed by atoms with Crippen molar-refractivity contribution in [2.75, 3.05) is 5.33 Å². The van der Waals surface area contributed by atoms with Gasteiger partial charge in [-0.2, -0.15) is 0 Å². The minimum atomic E-state index is 0.779. The highest BCUT2D eigenvalue weighted by Crippen LogP contribution is 2.01. The summed E-state index contributed by atoms with van der Waals surface area (Å²) in [6.07, 6.45) is 0.897. The Kier molecular flexibility index (Phi) is 7.00. The first-order valence-electron chi connectivity index (χ1n) is 2.58. The van der Waals surface area contributed by atoms with Crippen molar-refractivity contribution in [2.24, 2.45) is 0 Å². The SMILES string of the molecule is C/C(=C\I)CC#CCBr. The van der Waals surface area contributed by atoms with E-state index < -0.39 is 0 Å². The molecule has 0 aromatic rings.